The highest BCUT2D eigenvalue weighted by Crippen LogP contribution is 2.20. The van der Waals surface area contributed by atoms with E-state index in [9.17, 15) is 14.4 Å². The maximum absolute atomic E-state index is 12.4. The molecule has 1 aromatic rings. The van der Waals surface area contributed by atoms with Crippen LogP contribution >= 0.6 is 0 Å². The lowest BCUT2D eigenvalue weighted by molar-refractivity contribution is -0.138. The zero-order chi connectivity index (χ0) is 17.5. The van der Waals surface area contributed by atoms with Gasteiger partial charge in [0.1, 0.15) is 5.69 Å². The van der Waals surface area contributed by atoms with Gasteiger partial charge in [-0.25, -0.2) is 4.68 Å². The van der Waals surface area contributed by atoms with E-state index in [1.165, 1.54) is 19.2 Å². The van der Waals surface area contributed by atoms with Crippen molar-refractivity contribution < 1.29 is 19.4 Å². The van der Waals surface area contributed by atoms with E-state index < -0.39 is 17.4 Å². The topological polar surface area (TPSA) is 111 Å². The number of nitrogens with one attached hydrogen (secondary N) is 1. The number of carboxylic acids is 1. The molecule has 0 fully saturated rings. The van der Waals surface area contributed by atoms with Crippen LogP contribution in [0.5, 0.6) is 0 Å². The summed E-state index contributed by atoms with van der Waals surface area (Å²) in [5, 5.41) is 15.8. The summed E-state index contributed by atoms with van der Waals surface area (Å²) in [6.45, 7) is 4.17. The summed E-state index contributed by atoms with van der Waals surface area (Å²) in [5.74, 6) is -1.48. The molecule has 0 saturated heterocycles. The number of carboxylic acid groups (broad SMARTS) is 1. The van der Waals surface area contributed by atoms with E-state index in [0.29, 0.717) is 19.4 Å². The number of rotatable bonds is 9. The number of carbonyl (C=O) groups excluding carboxylic acids is 1. The fourth-order valence-electron chi connectivity index (χ4n) is 2.22. The molecule has 0 bridgehead atoms. The first-order chi connectivity index (χ1) is 10.9. The first-order valence-electron chi connectivity index (χ1n) is 7.49. The van der Waals surface area contributed by atoms with Crippen molar-refractivity contribution in [3.63, 3.8) is 0 Å². The normalized spacial score (nSPS) is 11.3. The van der Waals surface area contributed by atoms with Crippen molar-refractivity contribution in [1.29, 1.82) is 0 Å². The lowest BCUT2D eigenvalue weighted by Gasteiger charge is -2.31. The third-order valence-electron chi connectivity index (χ3n) is 3.83. The molecular formula is C15H23N3O5. The lowest BCUT2D eigenvalue weighted by atomic mass is 9.89. The molecule has 8 nitrogen and oxygen atoms in total. The van der Waals surface area contributed by atoms with Crippen molar-refractivity contribution >= 4 is 11.9 Å². The van der Waals surface area contributed by atoms with Crippen LogP contribution in [0.2, 0.25) is 0 Å². The number of hydrogen-bond acceptors (Lipinski definition) is 5. The van der Waals surface area contributed by atoms with Crippen molar-refractivity contribution in [1.82, 2.24) is 15.1 Å². The molecule has 0 atom stereocenters. The highest BCUT2D eigenvalue weighted by molar-refractivity contribution is 5.92. The van der Waals surface area contributed by atoms with Gasteiger partial charge in [-0.3, -0.25) is 14.4 Å². The fraction of sp³-hybridized carbons (Fsp3) is 0.600. The van der Waals surface area contributed by atoms with Crippen molar-refractivity contribution in [3.8, 4) is 0 Å². The standard InChI is InChI=1S/C15H23N3O5/c1-4-15(5-2,10-13(20)21)16-14(22)11-6-7-12(19)18(17-11)8-9-23-3/h6-7H,4-5,8-10H2,1-3H3,(H,16,22)(H,20,21). The second-order valence-corrected chi connectivity index (χ2v) is 5.28. The Kier molecular flexibility index (Phi) is 6.89. The van der Waals surface area contributed by atoms with Gasteiger partial charge in [-0.05, 0) is 18.9 Å². The SMILES string of the molecule is CCC(CC)(CC(=O)O)NC(=O)c1ccc(=O)n(CCOC)n1. The van der Waals surface area contributed by atoms with Crippen LogP contribution in [0.25, 0.3) is 0 Å². The van der Waals surface area contributed by atoms with E-state index in [-0.39, 0.29) is 24.2 Å². The van der Waals surface area contributed by atoms with Gasteiger partial charge in [0.25, 0.3) is 11.5 Å². The van der Waals surface area contributed by atoms with E-state index in [2.05, 4.69) is 10.4 Å². The fourth-order valence-corrected chi connectivity index (χ4v) is 2.22. The minimum atomic E-state index is -0.980. The molecular weight excluding hydrogens is 302 g/mol. The van der Waals surface area contributed by atoms with Crippen LogP contribution in [0, 0.1) is 0 Å². The van der Waals surface area contributed by atoms with Gasteiger partial charge in [0.15, 0.2) is 0 Å². The predicted octanol–water partition coefficient (Wildman–Crippen LogP) is 0.653. The third-order valence-corrected chi connectivity index (χ3v) is 3.83. The maximum atomic E-state index is 12.4. The van der Waals surface area contributed by atoms with Crippen molar-refractivity contribution in [2.45, 2.75) is 45.2 Å². The molecule has 0 spiro atoms. The number of nitrogens with zero attached hydrogens (tertiary/aromatic N) is 2. The molecule has 0 aromatic carbocycles. The van der Waals surface area contributed by atoms with Crippen LogP contribution < -0.4 is 10.9 Å². The Morgan fingerprint density at radius 3 is 2.52 bits per heavy atom. The summed E-state index contributed by atoms with van der Waals surface area (Å²) in [6.07, 6.45) is 0.783. The lowest BCUT2D eigenvalue weighted by Crippen LogP contribution is -2.49. The summed E-state index contributed by atoms with van der Waals surface area (Å²) >= 11 is 0. The van der Waals surface area contributed by atoms with Gasteiger partial charge in [0.2, 0.25) is 0 Å². The van der Waals surface area contributed by atoms with Gasteiger partial charge < -0.3 is 15.2 Å². The summed E-state index contributed by atoms with van der Waals surface area (Å²) in [6, 6.07) is 2.59. The van der Waals surface area contributed by atoms with Gasteiger partial charge in [0.05, 0.1) is 25.1 Å². The molecule has 128 valence electrons. The van der Waals surface area contributed by atoms with Crippen LogP contribution in [-0.2, 0) is 16.1 Å². The Bertz CT molecular complexity index is 607. The molecule has 0 aliphatic carbocycles. The summed E-state index contributed by atoms with van der Waals surface area (Å²) < 4.78 is 6.04. The molecule has 0 unspecified atom stereocenters. The van der Waals surface area contributed by atoms with Gasteiger partial charge >= 0.3 is 5.97 Å². The maximum Gasteiger partial charge on any atom is 0.305 e. The van der Waals surface area contributed by atoms with Crippen LogP contribution in [0.15, 0.2) is 16.9 Å². The molecule has 1 heterocycles. The number of methoxy groups -OCH3 is 1. The molecule has 23 heavy (non-hydrogen) atoms. The highest BCUT2D eigenvalue weighted by Gasteiger charge is 2.31. The van der Waals surface area contributed by atoms with E-state index in [1.807, 2.05) is 13.8 Å². The first kappa shape index (κ1) is 18.8. The number of ether oxygens (including phenoxy) is 1. The first-order valence-corrected chi connectivity index (χ1v) is 7.49. The van der Waals surface area contributed by atoms with Gasteiger partial charge in [-0.2, -0.15) is 5.10 Å². The molecule has 0 saturated carbocycles. The van der Waals surface area contributed by atoms with Crippen LogP contribution in [-0.4, -0.2) is 46.0 Å². The van der Waals surface area contributed by atoms with Gasteiger partial charge in [0, 0.05) is 13.2 Å². The third kappa shape index (κ3) is 5.17. The minimum absolute atomic E-state index is 0.0670. The Balaban J connectivity index is 2.99. The van der Waals surface area contributed by atoms with Gasteiger partial charge in [-0.1, -0.05) is 13.8 Å². The molecule has 2 N–H and O–H groups in total. The summed E-state index contributed by atoms with van der Waals surface area (Å²) in [4.78, 5) is 35.1. The van der Waals surface area contributed by atoms with Gasteiger partial charge in [-0.15, -0.1) is 0 Å². The number of aromatic nitrogens is 2. The number of amides is 1. The van der Waals surface area contributed by atoms with Crippen molar-refractivity contribution in [3.05, 3.63) is 28.2 Å². The van der Waals surface area contributed by atoms with E-state index in [0.717, 1.165) is 4.68 Å². The number of aliphatic carboxylic acids is 1. The van der Waals surface area contributed by atoms with Crippen LogP contribution in [0.4, 0.5) is 0 Å². The van der Waals surface area contributed by atoms with E-state index in [1.54, 1.807) is 0 Å². The van der Waals surface area contributed by atoms with Crippen LogP contribution in [0.3, 0.4) is 0 Å². The highest BCUT2D eigenvalue weighted by atomic mass is 16.5. The molecule has 1 amide bonds. The average Bonchev–Trinajstić information content (AvgIpc) is 2.52. The largest absolute Gasteiger partial charge is 0.481 e. The molecule has 1 aromatic heterocycles. The monoisotopic (exact) mass is 325 g/mol. The zero-order valence-electron chi connectivity index (χ0n) is 13.7. The van der Waals surface area contributed by atoms with E-state index >= 15 is 0 Å². The average molecular weight is 325 g/mol. The van der Waals surface area contributed by atoms with Crippen molar-refractivity contribution in [2.24, 2.45) is 0 Å². The summed E-state index contributed by atoms with van der Waals surface area (Å²) in [7, 11) is 1.50. The quantitative estimate of drug-likeness (QED) is 0.690. The molecule has 1 rings (SSSR count). The molecule has 0 aliphatic heterocycles. The predicted molar refractivity (Wildman–Crippen MR) is 83.4 cm³/mol. The Hall–Kier alpha value is -2.22. The Morgan fingerprint density at radius 2 is 2.00 bits per heavy atom. The smallest absolute Gasteiger partial charge is 0.305 e. The number of carbonyl (C=O) groups is 2. The summed E-state index contributed by atoms with van der Waals surface area (Å²) in [5.41, 5.74) is -1.10. The van der Waals surface area contributed by atoms with Crippen LogP contribution in [0.1, 0.15) is 43.6 Å². The Labute approximate surface area is 134 Å². The minimum Gasteiger partial charge on any atom is -0.481 e. The molecule has 8 heteroatoms. The second-order valence-electron chi connectivity index (χ2n) is 5.28. The molecule has 0 aliphatic rings. The zero-order valence-corrected chi connectivity index (χ0v) is 13.7. The number of hydrogen-bond donors (Lipinski definition) is 2. The van der Waals surface area contributed by atoms with E-state index in [4.69, 9.17) is 9.84 Å². The molecule has 0 radical (unpaired) electrons. The second kappa shape index (κ2) is 8.42. The Morgan fingerprint density at radius 1 is 1.35 bits per heavy atom. The van der Waals surface area contributed by atoms with Crippen molar-refractivity contribution in [2.75, 3.05) is 13.7 Å².